The summed E-state index contributed by atoms with van der Waals surface area (Å²) in [6, 6.07) is -0.341. The van der Waals surface area contributed by atoms with E-state index in [0.717, 1.165) is 0 Å². The Kier molecular flexibility index (Phi) is 6.49. The summed E-state index contributed by atoms with van der Waals surface area (Å²) in [6.45, 7) is 7.87. The topological polar surface area (TPSA) is 64.3 Å². The van der Waals surface area contributed by atoms with Gasteiger partial charge in [0.1, 0.15) is 6.04 Å². The molecule has 0 saturated carbocycles. The number of rotatable bonds is 6. The highest BCUT2D eigenvalue weighted by molar-refractivity contribution is 5.75. The van der Waals surface area contributed by atoms with Crippen LogP contribution in [-0.4, -0.2) is 25.2 Å². The van der Waals surface area contributed by atoms with Crippen LogP contribution in [0.1, 0.15) is 13.8 Å². The number of nitrogens with two attached hydrogens (primary N) is 1. The molecular formula is C10H18N2O2. The van der Waals surface area contributed by atoms with E-state index in [4.69, 9.17) is 10.5 Å². The van der Waals surface area contributed by atoms with Gasteiger partial charge in [-0.2, -0.15) is 0 Å². The molecular weight excluding hydrogens is 180 g/mol. The van der Waals surface area contributed by atoms with Crippen LogP contribution in [0.3, 0.4) is 0 Å². The first kappa shape index (κ1) is 12.7. The second kappa shape index (κ2) is 7.15. The summed E-state index contributed by atoms with van der Waals surface area (Å²) in [4.78, 5) is 11.1. The maximum absolute atomic E-state index is 11.1. The van der Waals surface area contributed by atoms with Crippen molar-refractivity contribution < 1.29 is 9.53 Å². The standard InChI is InChI=1S/C10H18N2O2/c1-4-6-9(11)7-12-8(3)10(13)14-5-2/h4,6,8,12H,1,5,7,11H2,2-3H3/b9-6-/t8-/m0/s1. The Hall–Kier alpha value is -1.29. The van der Waals surface area contributed by atoms with Crippen molar-refractivity contribution in [2.24, 2.45) is 5.73 Å². The zero-order valence-electron chi connectivity index (χ0n) is 8.75. The van der Waals surface area contributed by atoms with Gasteiger partial charge < -0.3 is 10.5 Å². The molecule has 14 heavy (non-hydrogen) atoms. The summed E-state index contributed by atoms with van der Waals surface area (Å²) >= 11 is 0. The Morgan fingerprint density at radius 2 is 2.36 bits per heavy atom. The lowest BCUT2D eigenvalue weighted by Crippen LogP contribution is -2.37. The lowest BCUT2D eigenvalue weighted by Gasteiger charge is -2.12. The highest BCUT2D eigenvalue weighted by atomic mass is 16.5. The summed E-state index contributed by atoms with van der Waals surface area (Å²) in [5.74, 6) is -0.265. The molecule has 1 atom stereocenters. The minimum Gasteiger partial charge on any atom is -0.465 e. The second-order valence-corrected chi connectivity index (χ2v) is 2.83. The van der Waals surface area contributed by atoms with Crippen molar-refractivity contribution in [1.29, 1.82) is 0 Å². The van der Waals surface area contributed by atoms with Gasteiger partial charge in [-0.3, -0.25) is 10.1 Å². The van der Waals surface area contributed by atoms with Crippen molar-refractivity contribution in [2.45, 2.75) is 19.9 Å². The van der Waals surface area contributed by atoms with Crippen LogP contribution in [0.15, 0.2) is 24.4 Å². The Labute approximate surface area is 84.8 Å². The van der Waals surface area contributed by atoms with Gasteiger partial charge in [0.15, 0.2) is 0 Å². The quantitative estimate of drug-likeness (QED) is 0.483. The fourth-order valence-electron chi connectivity index (χ4n) is 0.832. The Morgan fingerprint density at radius 1 is 1.71 bits per heavy atom. The molecule has 0 saturated heterocycles. The van der Waals surface area contributed by atoms with Crippen molar-refractivity contribution in [3.63, 3.8) is 0 Å². The van der Waals surface area contributed by atoms with Gasteiger partial charge >= 0.3 is 5.97 Å². The van der Waals surface area contributed by atoms with Crippen LogP contribution >= 0.6 is 0 Å². The first-order valence-corrected chi connectivity index (χ1v) is 4.58. The van der Waals surface area contributed by atoms with Crippen LogP contribution in [0, 0.1) is 0 Å². The fourth-order valence-corrected chi connectivity index (χ4v) is 0.832. The smallest absolute Gasteiger partial charge is 0.322 e. The molecule has 0 heterocycles. The largest absolute Gasteiger partial charge is 0.465 e. The number of carbonyl (C=O) groups is 1. The first-order chi connectivity index (χ1) is 6.61. The molecule has 0 aromatic heterocycles. The van der Waals surface area contributed by atoms with Crippen molar-refractivity contribution in [1.82, 2.24) is 5.32 Å². The Morgan fingerprint density at radius 3 is 2.86 bits per heavy atom. The molecule has 0 spiro atoms. The summed E-state index contributed by atoms with van der Waals surface area (Å²) in [7, 11) is 0. The molecule has 80 valence electrons. The van der Waals surface area contributed by atoms with E-state index >= 15 is 0 Å². The maximum Gasteiger partial charge on any atom is 0.322 e. The van der Waals surface area contributed by atoms with E-state index in [1.54, 1.807) is 26.0 Å². The molecule has 0 rings (SSSR count). The van der Waals surface area contributed by atoms with E-state index in [0.29, 0.717) is 18.8 Å². The summed E-state index contributed by atoms with van der Waals surface area (Å²) in [6.07, 6.45) is 3.29. The molecule has 0 aromatic rings. The zero-order chi connectivity index (χ0) is 11.0. The fraction of sp³-hybridized carbons (Fsp3) is 0.500. The van der Waals surface area contributed by atoms with Crippen molar-refractivity contribution in [2.75, 3.05) is 13.2 Å². The number of allylic oxidation sites excluding steroid dienone is 2. The summed E-state index contributed by atoms with van der Waals surface area (Å²) in [5, 5.41) is 2.94. The number of hydrogen-bond donors (Lipinski definition) is 2. The van der Waals surface area contributed by atoms with E-state index in [1.807, 2.05) is 0 Å². The van der Waals surface area contributed by atoms with Gasteiger partial charge in [0, 0.05) is 12.2 Å². The molecule has 4 nitrogen and oxygen atoms in total. The molecule has 0 bridgehead atoms. The van der Waals surface area contributed by atoms with Crippen LogP contribution in [0.4, 0.5) is 0 Å². The number of esters is 1. The van der Waals surface area contributed by atoms with Gasteiger partial charge in [-0.05, 0) is 19.9 Å². The van der Waals surface area contributed by atoms with E-state index in [2.05, 4.69) is 11.9 Å². The average molecular weight is 198 g/mol. The monoisotopic (exact) mass is 198 g/mol. The van der Waals surface area contributed by atoms with Crippen LogP contribution in [0.5, 0.6) is 0 Å². The summed E-state index contributed by atoms with van der Waals surface area (Å²) < 4.78 is 4.81. The maximum atomic E-state index is 11.1. The van der Waals surface area contributed by atoms with Gasteiger partial charge in [-0.25, -0.2) is 0 Å². The highest BCUT2D eigenvalue weighted by Gasteiger charge is 2.12. The Balaban J connectivity index is 3.83. The van der Waals surface area contributed by atoms with Crippen molar-refractivity contribution >= 4 is 5.97 Å². The van der Waals surface area contributed by atoms with E-state index in [-0.39, 0.29) is 12.0 Å². The minimum absolute atomic E-state index is 0.265. The van der Waals surface area contributed by atoms with Gasteiger partial charge in [0.05, 0.1) is 6.61 Å². The van der Waals surface area contributed by atoms with Crippen LogP contribution in [-0.2, 0) is 9.53 Å². The second-order valence-electron chi connectivity index (χ2n) is 2.83. The van der Waals surface area contributed by atoms with E-state index in [9.17, 15) is 4.79 Å². The van der Waals surface area contributed by atoms with Gasteiger partial charge in [-0.15, -0.1) is 0 Å². The number of ether oxygens (including phenoxy) is 1. The molecule has 4 heteroatoms. The molecule has 0 amide bonds. The lowest BCUT2D eigenvalue weighted by atomic mass is 10.3. The number of nitrogens with one attached hydrogen (secondary N) is 1. The molecule has 0 aliphatic carbocycles. The molecule has 0 radical (unpaired) electrons. The van der Waals surface area contributed by atoms with Gasteiger partial charge in [-0.1, -0.05) is 12.7 Å². The van der Waals surface area contributed by atoms with Gasteiger partial charge in [0.25, 0.3) is 0 Å². The number of hydrogen-bond acceptors (Lipinski definition) is 4. The molecule has 3 N–H and O–H groups in total. The summed E-state index contributed by atoms with van der Waals surface area (Å²) in [5.41, 5.74) is 6.22. The molecule has 0 aliphatic heterocycles. The third kappa shape index (κ3) is 5.37. The first-order valence-electron chi connectivity index (χ1n) is 4.58. The van der Waals surface area contributed by atoms with Gasteiger partial charge in [0.2, 0.25) is 0 Å². The van der Waals surface area contributed by atoms with E-state index in [1.165, 1.54) is 0 Å². The average Bonchev–Trinajstić information content (AvgIpc) is 2.15. The predicted octanol–water partition coefficient (Wildman–Crippen LogP) is 0.556. The SMILES string of the molecule is C=C/C=C(\N)CN[C@@H](C)C(=O)OCC. The predicted molar refractivity (Wildman–Crippen MR) is 56.6 cm³/mol. The zero-order valence-corrected chi connectivity index (χ0v) is 8.75. The third-order valence-corrected chi connectivity index (χ3v) is 1.58. The molecule has 0 aromatic carbocycles. The molecule has 0 aliphatic rings. The normalized spacial score (nSPS) is 13.4. The van der Waals surface area contributed by atoms with Crippen molar-refractivity contribution in [3.8, 4) is 0 Å². The molecule has 0 fully saturated rings. The Bertz CT molecular complexity index is 224. The third-order valence-electron chi connectivity index (χ3n) is 1.58. The lowest BCUT2D eigenvalue weighted by molar-refractivity contribution is -0.145. The van der Waals surface area contributed by atoms with E-state index < -0.39 is 0 Å². The minimum atomic E-state index is -0.341. The van der Waals surface area contributed by atoms with Crippen LogP contribution in [0.2, 0.25) is 0 Å². The molecule has 0 unspecified atom stereocenters. The number of carbonyl (C=O) groups excluding carboxylic acids is 1. The van der Waals surface area contributed by atoms with Crippen LogP contribution in [0.25, 0.3) is 0 Å². The van der Waals surface area contributed by atoms with Crippen molar-refractivity contribution in [3.05, 3.63) is 24.4 Å². The highest BCUT2D eigenvalue weighted by Crippen LogP contribution is 1.89. The van der Waals surface area contributed by atoms with Crippen LogP contribution < -0.4 is 11.1 Å².